The Hall–Kier alpha value is -6.41. The fraction of sp³-hybridized carbons (Fsp3) is 0.154. The molecule has 3 aromatic carbocycles. The Morgan fingerprint density at radius 1 is 0.660 bits per heavy atom. The summed E-state index contributed by atoms with van der Waals surface area (Å²) in [6.07, 6.45) is 5.92. The van der Waals surface area contributed by atoms with Crippen molar-refractivity contribution in [2.24, 2.45) is 0 Å². The van der Waals surface area contributed by atoms with Gasteiger partial charge in [-0.05, 0) is 97.5 Å². The first-order chi connectivity index (χ1) is 25.6. The molecule has 53 heavy (non-hydrogen) atoms. The Morgan fingerprint density at radius 3 is 1.98 bits per heavy atom. The SMILES string of the molecule is Cc1ccc(Cc2ccc(CC(=O)Nc3ccc(-c4nn5c(C)ncc5o4)cc3)cc2Br)cc1CC(=O)Nc1ccc(-c2nn3c(C)ncc3o2)nc1. The van der Waals surface area contributed by atoms with Crippen LogP contribution in [-0.4, -0.2) is 46.0 Å². The van der Waals surface area contributed by atoms with E-state index >= 15 is 0 Å². The second-order valence-corrected chi connectivity index (χ2v) is 13.6. The summed E-state index contributed by atoms with van der Waals surface area (Å²) >= 11 is 3.71. The van der Waals surface area contributed by atoms with Gasteiger partial charge >= 0.3 is 0 Å². The van der Waals surface area contributed by atoms with E-state index in [1.54, 1.807) is 39.8 Å². The quantitative estimate of drug-likeness (QED) is 0.145. The second-order valence-electron chi connectivity index (χ2n) is 12.7. The highest BCUT2D eigenvalue weighted by atomic mass is 79.9. The Balaban J connectivity index is 0.856. The van der Waals surface area contributed by atoms with Gasteiger partial charge in [-0.2, -0.15) is 9.03 Å². The number of aryl methyl sites for hydroxylation is 3. The maximum absolute atomic E-state index is 13.1. The highest BCUT2D eigenvalue weighted by Crippen LogP contribution is 2.26. The molecule has 2 amide bonds. The number of nitrogens with one attached hydrogen (secondary N) is 2. The van der Waals surface area contributed by atoms with Crippen LogP contribution < -0.4 is 10.6 Å². The second kappa shape index (κ2) is 14.0. The highest BCUT2D eigenvalue weighted by Gasteiger charge is 2.15. The fourth-order valence-electron chi connectivity index (χ4n) is 6.01. The number of pyridine rings is 1. The molecule has 0 aliphatic rings. The van der Waals surface area contributed by atoms with Crippen LogP contribution in [0.1, 0.15) is 39.5 Å². The van der Waals surface area contributed by atoms with Crippen molar-refractivity contribution in [3.05, 3.63) is 135 Å². The molecule has 8 aromatic rings. The molecule has 14 heteroatoms. The Bertz CT molecular complexity index is 2640. The van der Waals surface area contributed by atoms with Crippen molar-refractivity contribution >= 4 is 50.5 Å². The molecule has 0 saturated carbocycles. The van der Waals surface area contributed by atoms with Crippen LogP contribution in [0.15, 0.2) is 105 Å². The van der Waals surface area contributed by atoms with Crippen molar-refractivity contribution in [3.63, 3.8) is 0 Å². The predicted molar refractivity (Wildman–Crippen MR) is 201 cm³/mol. The lowest BCUT2D eigenvalue weighted by atomic mass is 9.97. The van der Waals surface area contributed by atoms with Gasteiger partial charge in [-0.15, -0.1) is 10.2 Å². The number of carbonyl (C=O) groups is 2. The lowest BCUT2D eigenvalue weighted by molar-refractivity contribution is -0.116. The van der Waals surface area contributed by atoms with Crippen molar-refractivity contribution in [1.82, 2.24) is 34.2 Å². The Kier molecular flexibility index (Phi) is 8.88. The molecule has 0 saturated heterocycles. The van der Waals surface area contributed by atoms with E-state index in [4.69, 9.17) is 8.83 Å². The van der Waals surface area contributed by atoms with Gasteiger partial charge in [0.25, 0.3) is 5.89 Å². The average Bonchev–Trinajstić information content (AvgIpc) is 3.92. The first-order valence-corrected chi connectivity index (χ1v) is 17.6. The summed E-state index contributed by atoms with van der Waals surface area (Å²) in [6.45, 7) is 5.70. The van der Waals surface area contributed by atoms with Gasteiger partial charge < -0.3 is 19.5 Å². The van der Waals surface area contributed by atoms with Gasteiger partial charge in [0.2, 0.25) is 29.1 Å². The molecule has 264 valence electrons. The van der Waals surface area contributed by atoms with Crippen molar-refractivity contribution in [2.45, 2.75) is 40.0 Å². The predicted octanol–water partition coefficient (Wildman–Crippen LogP) is 7.33. The zero-order valence-corrected chi connectivity index (χ0v) is 30.5. The Labute approximate surface area is 311 Å². The molecule has 13 nitrogen and oxygen atoms in total. The number of aromatic nitrogens is 7. The van der Waals surface area contributed by atoms with Crippen LogP contribution in [-0.2, 0) is 28.9 Å². The third-order valence-electron chi connectivity index (χ3n) is 8.86. The third-order valence-corrected chi connectivity index (χ3v) is 9.60. The van der Waals surface area contributed by atoms with Crippen LogP contribution in [0.2, 0.25) is 0 Å². The van der Waals surface area contributed by atoms with E-state index in [1.165, 1.54) is 0 Å². The number of hydrogen-bond donors (Lipinski definition) is 2. The smallest absolute Gasteiger partial charge is 0.264 e. The molecule has 0 radical (unpaired) electrons. The molecular weight excluding hydrogens is 738 g/mol. The van der Waals surface area contributed by atoms with Gasteiger partial charge in [0.05, 0.1) is 37.1 Å². The first-order valence-electron chi connectivity index (χ1n) is 16.8. The van der Waals surface area contributed by atoms with Crippen LogP contribution in [0.3, 0.4) is 0 Å². The zero-order chi connectivity index (χ0) is 36.6. The fourth-order valence-corrected chi connectivity index (χ4v) is 6.57. The Morgan fingerprint density at radius 2 is 1.30 bits per heavy atom. The van der Waals surface area contributed by atoms with Crippen LogP contribution >= 0.6 is 15.9 Å². The van der Waals surface area contributed by atoms with Gasteiger partial charge in [0.1, 0.15) is 17.3 Å². The van der Waals surface area contributed by atoms with Gasteiger partial charge in [-0.3, -0.25) is 9.59 Å². The molecule has 0 atom stereocenters. The maximum atomic E-state index is 13.1. The number of nitrogens with zero attached hydrogens (tertiary/aromatic N) is 7. The van der Waals surface area contributed by atoms with E-state index in [0.29, 0.717) is 46.7 Å². The lowest BCUT2D eigenvalue weighted by Crippen LogP contribution is -2.15. The van der Waals surface area contributed by atoms with Crippen molar-refractivity contribution in [2.75, 3.05) is 10.6 Å². The van der Waals surface area contributed by atoms with Gasteiger partial charge in [-0.25, -0.2) is 15.0 Å². The minimum absolute atomic E-state index is 0.126. The number of anilines is 2. The topological polar surface area (TPSA) is 158 Å². The lowest BCUT2D eigenvalue weighted by Gasteiger charge is -2.12. The molecule has 0 unspecified atom stereocenters. The van der Waals surface area contributed by atoms with E-state index in [1.807, 2.05) is 69.3 Å². The minimum Gasteiger partial charge on any atom is -0.417 e. The summed E-state index contributed by atoms with van der Waals surface area (Å²) in [5, 5.41) is 14.8. The summed E-state index contributed by atoms with van der Waals surface area (Å²) in [5.41, 5.74) is 8.70. The van der Waals surface area contributed by atoms with Gasteiger partial charge in [0, 0.05) is 15.7 Å². The van der Waals surface area contributed by atoms with Crippen LogP contribution in [0, 0.1) is 20.8 Å². The average molecular weight is 771 g/mol. The van der Waals surface area contributed by atoms with Crippen LogP contribution in [0.5, 0.6) is 0 Å². The summed E-state index contributed by atoms with van der Waals surface area (Å²) in [6, 6.07) is 23.0. The number of rotatable bonds is 10. The van der Waals surface area contributed by atoms with E-state index in [-0.39, 0.29) is 24.7 Å². The molecular formula is C39H32BrN9O4. The molecule has 2 N–H and O–H groups in total. The van der Waals surface area contributed by atoms with Crippen LogP contribution in [0.25, 0.3) is 34.5 Å². The number of halogens is 1. The van der Waals surface area contributed by atoms with Gasteiger partial charge in [0.15, 0.2) is 0 Å². The molecule has 0 spiro atoms. The van der Waals surface area contributed by atoms with Crippen molar-refractivity contribution in [3.8, 4) is 23.0 Å². The number of hydrogen-bond acceptors (Lipinski definition) is 9. The number of fused-ring (bicyclic) bond motifs is 2. The first kappa shape index (κ1) is 33.7. The van der Waals surface area contributed by atoms with E-state index < -0.39 is 0 Å². The molecule has 5 aromatic heterocycles. The number of imidazole rings is 2. The van der Waals surface area contributed by atoms with E-state index in [0.717, 1.165) is 49.5 Å². The molecule has 5 heterocycles. The summed E-state index contributed by atoms with van der Waals surface area (Å²) in [5.74, 6) is 2.05. The molecule has 0 fully saturated rings. The largest absolute Gasteiger partial charge is 0.417 e. The third kappa shape index (κ3) is 7.21. The standard InChI is InChI=1S/C39H32BrN9O4/c1-22-4-5-25(15-29(22)18-35(51)45-31-12-13-33(43-19-31)39-47-49-24(3)42-21-37(49)53-39)14-28-7-6-26(16-32(28)40)17-34(50)44-30-10-8-27(9-11-30)38-46-48-23(2)41-20-36(48)52-38/h4-13,15-16,19-21H,14,17-18H2,1-3H3,(H,44,50)(H,45,51). The number of benzene rings is 3. The number of carbonyl (C=O) groups excluding carboxylic acids is 2. The van der Waals surface area contributed by atoms with Crippen molar-refractivity contribution in [1.29, 1.82) is 0 Å². The summed E-state index contributed by atoms with van der Waals surface area (Å²) in [4.78, 5) is 38.7. The number of amides is 2. The zero-order valence-electron chi connectivity index (χ0n) is 28.9. The summed E-state index contributed by atoms with van der Waals surface area (Å²) in [7, 11) is 0. The van der Waals surface area contributed by atoms with Gasteiger partial charge in [-0.1, -0.05) is 46.3 Å². The minimum atomic E-state index is -0.146. The molecule has 0 aliphatic carbocycles. The molecule has 0 bridgehead atoms. The van der Waals surface area contributed by atoms with Crippen LogP contribution in [0.4, 0.5) is 11.4 Å². The maximum Gasteiger partial charge on any atom is 0.264 e. The molecule has 8 rings (SSSR count). The normalized spacial score (nSPS) is 11.4. The van der Waals surface area contributed by atoms with Crippen molar-refractivity contribution < 1.29 is 18.4 Å². The molecule has 0 aliphatic heterocycles. The highest BCUT2D eigenvalue weighted by molar-refractivity contribution is 9.10. The van der Waals surface area contributed by atoms with E-state index in [9.17, 15) is 9.59 Å². The monoisotopic (exact) mass is 769 g/mol. The summed E-state index contributed by atoms with van der Waals surface area (Å²) < 4.78 is 15.7. The van der Waals surface area contributed by atoms with E-state index in [2.05, 4.69) is 63.8 Å².